The summed E-state index contributed by atoms with van der Waals surface area (Å²) in [4.78, 5) is 20.3. The summed E-state index contributed by atoms with van der Waals surface area (Å²) < 4.78 is 4.95. The Morgan fingerprint density at radius 2 is 2.24 bits per heavy atom. The number of nitrogens with one attached hydrogen (secondary N) is 2. The van der Waals surface area contributed by atoms with Crippen molar-refractivity contribution in [3.05, 3.63) is 54.0 Å². The average Bonchev–Trinajstić information content (AvgIpc) is 2.54. The van der Waals surface area contributed by atoms with Crippen LogP contribution in [0.1, 0.15) is 15.9 Å². The zero-order chi connectivity index (χ0) is 14.9. The number of hydrogen-bond donors (Lipinski definition) is 2. The van der Waals surface area contributed by atoms with Crippen molar-refractivity contribution >= 4 is 11.7 Å². The second kappa shape index (κ2) is 7.96. The Balaban J connectivity index is 1.91. The van der Waals surface area contributed by atoms with Crippen LogP contribution in [0.15, 0.2) is 42.9 Å². The maximum absolute atomic E-state index is 12.1. The highest BCUT2D eigenvalue weighted by atomic mass is 16.5. The zero-order valence-corrected chi connectivity index (χ0v) is 11.9. The van der Waals surface area contributed by atoms with Crippen molar-refractivity contribution < 1.29 is 9.53 Å². The Morgan fingerprint density at radius 3 is 3.00 bits per heavy atom. The molecule has 2 heterocycles. The van der Waals surface area contributed by atoms with Gasteiger partial charge in [0.25, 0.3) is 5.91 Å². The van der Waals surface area contributed by atoms with Gasteiger partial charge >= 0.3 is 0 Å². The van der Waals surface area contributed by atoms with Crippen LogP contribution in [0.2, 0.25) is 0 Å². The second-order valence-corrected chi connectivity index (χ2v) is 4.39. The second-order valence-electron chi connectivity index (χ2n) is 4.39. The molecule has 0 radical (unpaired) electrons. The van der Waals surface area contributed by atoms with Crippen molar-refractivity contribution in [1.82, 2.24) is 15.3 Å². The van der Waals surface area contributed by atoms with E-state index in [1.54, 1.807) is 37.8 Å². The van der Waals surface area contributed by atoms with Gasteiger partial charge in [0.1, 0.15) is 5.82 Å². The molecule has 2 rings (SSSR count). The van der Waals surface area contributed by atoms with Crippen molar-refractivity contribution in [3.8, 4) is 0 Å². The molecule has 0 spiro atoms. The van der Waals surface area contributed by atoms with Crippen LogP contribution in [0.5, 0.6) is 0 Å². The molecule has 0 aliphatic carbocycles. The van der Waals surface area contributed by atoms with Gasteiger partial charge in [-0.25, -0.2) is 4.98 Å². The number of rotatable bonds is 7. The van der Waals surface area contributed by atoms with Gasteiger partial charge in [-0.2, -0.15) is 0 Å². The molecule has 2 aromatic heterocycles. The van der Waals surface area contributed by atoms with E-state index in [4.69, 9.17) is 4.74 Å². The molecule has 0 saturated carbocycles. The monoisotopic (exact) mass is 286 g/mol. The van der Waals surface area contributed by atoms with Crippen molar-refractivity contribution in [3.63, 3.8) is 0 Å². The molecule has 0 aliphatic rings. The lowest BCUT2D eigenvalue weighted by atomic mass is 10.2. The van der Waals surface area contributed by atoms with Crippen LogP contribution >= 0.6 is 0 Å². The third-order valence-electron chi connectivity index (χ3n) is 2.81. The Hall–Kier alpha value is -2.47. The molecule has 0 bridgehead atoms. The van der Waals surface area contributed by atoms with Gasteiger partial charge < -0.3 is 15.4 Å². The van der Waals surface area contributed by atoms with Crippen LogP contribution in [0.3, 0.4) is 0 Å². The number of carbonyl (C=O) groups is 1. The fraction of sp³-hybridized carbons (Fsp3) is 0.267. The molecule has 1 amide bonds. The molecule has 6 heteroatoms. The highest BCUT2D eigenvalue weighted by Gasteiger charge is 2.06. The normalized spacial score (nSPS) is 10.1. The molecule has 6 nitrogen and oxygen atoms in total. The van der Waals surface area contributed by atoms with E-state index >= 15 is 0 Å². The molecule has 0 fully saturated rings. The molecule has 2 aromatic rings. The van der Waals surface area contributed by atoms with Gasteiger partial charge in [0.2, 0.25) is 0 Å². The maximum atomic E-state index is 12.1. The van der Waals surface area contributed by atoms with Gasteiger partial charge in [-0.05, 0) is 23.8 Å². The summed E-state index contributed by atoms with van der Waals surface area (Å²) >= 11 is 0. The third kappa shape index (κ3) is 4.85. The lowest BCUT2D eigenvalue weighted by molar-refractivity contribution is 0.0951. The van der Waals surface area contributed by atoms with Crippen LogP contribution in [0, 0.1) is 0 Å². The smallest absolute Gasteiger partial charge is 0.251 e. The topological polar surface area (TPSA) is 76.1 Å². The number of carbonyl (C=O) groups excluding carboxylic acids is 1. The molecule has 0 unspecified atom stereocenters. The minimum Gasteiger partial charge on any atom is -0.383 e. The molecule has 0 aromatic carbocycles. The quantitative estimate of drug-likeness (QED) is 0.754. The van der Waals surface area contributed by atoms with Crippen LogP contribution in [-0.4, -0.2) is 36.1 Å². The fourth-order valence-electron chi connectivity index (χ4n) is 1.74. The predicted molar refractivity (Wildman–Crippen MR) is 80.0 cm³/mol. The summed E-state index contributed by atoms with van der Waals surface area (Å²) in [6.45, 7) is 1.67. The Labute approximate surface area is 123 Å². The minimum atomic E-state index is -0.143. The van der Waals surface area contributed by atoms with Gasteiger partial charge in [-0.3, -0.25) is 9.78 Å². The summed E-state index contributed by atoms with van der Waals surface area (Å²) in [5, 5.41) is 5.94. The van der Waals surface area contributed by atoms with E-state index in [2.05, 4.69) is 20.6 Å². The first kappa shape index (κ1) is 14.9. The summed E-state index contributed by atoms with van der Waals surface area (Å²) in [6.07, 6.45) is 5.03. The lowest BCUT2D eigenvalue weighted by Gasteiger charge is -2.08. The highest BCUT2D eigenvalue weighted by molar-refractivity contribution is 5.94. The van der Waals surface area contributed by atoms with E-state index in [9.17, 15) is 4.79 Å². The number of aromatic nitrogens is 2. The largest absolute Gasteiger partial charge is 0.383 e. The number of nitrogens with zero attached hydrogens (tertiary/aromatic N) is 2. The van der Waals surface area contributed by atoms with E-state index in [-0.39, 0.29) is 5.91 Å². The molecule has 0 atom stereocenters. The molecule has 110 valence electrons. The van der Waals surface area contributed by atoms with E-state index in [0.717, 1.165) is 5.56 Å². The summed E-state index contributed by atoms with van der Waals surface area (Å²) in [6, 6.07) is 7.15. The van der Waals surface area contributed by atoms with E-state index in [1.807, 2.05) is 12.1 Å². The number of hydrogen-bond acceptors (Lipinski definition) is 5. The average molecular weight is 286 g/mol. The number of amides is 1. The number of anilines is 1. The first-order valence-electron chi connectivity index (χ1n) is 6.65. The predicted octanol–water partition coefficient (Wildman–Crippen LogP) is 1.46. The Bertz CT molecular complexity index is 575. The van der Waals surface area contributed by atoms with Gasteiger partial charge in [-0.15, -0.1) is 0 Å². The number of methoxy groups -OCH3 is 1. The van der Waals surface area contributed by atoms with E-state index in [0.29, 0.717) is 31.1 Å². The van der Waals surface area contributed by atoms with Crippen molar-refractivity contribution in [2.24, 2.45) is 0 Å². The molecule has 0 aliphatic heterocycles. The van der Waals surface area contributed by atoms with Crippen LogP contribution in [0.4, 0.5) is 5.82 Å². The van der Waals surface area contributed by atoms with Crippen molar-refractivity contribution in [2.45, 2.75) is 6.54 Å². The van der Waals surface area contributed by atoms with Crippen molar-refractivity contribution in [1.29, 1.82) is 0 Å². The van der Waals surface area contributed by atoms with Crippen LogP contribution < -0.4 is 10.6 Å². The minimum absolute atomic E-state index is 0.143. The summed E-state index contributed by atoms with van der Waals surface area (Å²) in [5.41, 5.74) is 1.52. The molecule has 0 saturated heterocycles. The first-order chi connectivity index (χ1) is 10.3. The van der Waals surface area contributed by atoms with Gasteiger partial charge in [-0.1, -0.05) is 6.07 Å². The first-order valence-corrected chi connectivity index (χ1v) is 6.65. The van der Waals surface area contributed by atoms with Crippen LogP contribution in [0.25, 0.3) is 0 Å². The molecule has 21 heavy (non-hydrogen) atoms. The van der Waals surface area contributed by atoms with Gasteiger partial charge in [0.15, 0.2) is 0 Å². The van der Waals surface area contributed by atoms with Gasteiger partial charge in [0, 0.05) is 44.4 Å². The maximum Gasteiger partial charge on any atom is 0.251 e. The number of ether oxygens (including phenoxy) is 1. The highest BCUT2D eigenvalue weighted by Crippen LogP contribution is 2.07. The van der Waals surface area contributed by atoms with Crippen LogP contribution in [-0.2, 0) is 11.3 Å². The Morgan fingerprint density at radius 1 is 1.33 bits per heavy atom. The standard InChI is InChI=1S/C15H18N4O2/c1-21-8-7-18-14-9-13(4-6-17-14)15(20)19-11-12-3-2-5-16-10-12/h2-6,9-10H,7-8,11H2,1H3,(H,17,18)(H,19,20). The van der Waals surface area contributed by atoms with E-state index < -0.39 is 0 Å². The fourth-order valence-corrected chi connectivity index (χ4v) is 1.74. The molecular formula is C15H18N4O2. The number of pyridine rings is 2. The lowest BCUT2D eigenvalue weighted by Crippen LogP contribution is -2.23. The Kier molecular flexibility index (Phi) is 5.66. The summed E-state index contributed by atoms with van der Waals surface area (Å²) in [7, 11) is 1.64. The van der Waals surface area contributed by atoms with Gasteiger partial charge in [0.05, 0.1) is 6.61 Å². The van der Waals surface area contributed by atoms with Crippen molar-refractivity contribution in [2.75, 3.05) is 25.6 Å². The molecular weight excluding hydrogens is 268 g/mol. The molecule has 2 N–H and O–H groups in total. The zero-order valence-electron chi connectivity index (χ0n) is 11.9. The van der Waals surface area contributed by atoms with E-state index in [1.165, 1.54) is 0 Å². The summed E-state index contributed by atoms with van der Waals surface area (Å²) in [5.74, 6) is 0.511. The SMILES string of the molecule is COCCNc1cc(C(=O)NCc2cccnc2)ccn1. The third-order valence-corrected chi connectivity index (χ3v) is 2.81.